The fourth-order valence-corrected chi connectivity index (χ4v) is 6.89. The number of benzene rings is 2. The van der Waals surface area contributed by atoms with Crippen LogP contribution in [0.1, 0.15) is 76.8 Å². The lowest BCUT2D eigenvalue weighted by atomic mass is 9.84. The smallest absolute Gasteiger partial charge is 0.160 e. The summed E-state index contributed by atoms with van der Waals surface area (Å²) < 4.78 is 2.16. The van der Waals surface area contributed by atoms with Crippen LogP contribution in [0.25, 0.3) is 5.00 Å². The Morgan fingerprint density at radius 2 is 1.74 bits per heavy atom. The highest BCUT2D eigenvalue weighted by Gasteiger charge is 2.25. The lowest BCUT2D eigenvalue weighted by molar-refractivity contribution is 0.443. The molecule has 0 atom stereocenters. The summed E-state index contributed by atoms with van der Waals surface area (Å²) in [6.45, 7) is 2.50. The number of halogens is 1. The van der Waals surface area contributed by atoms with E-state index in [1.54, 1.807) is 0 Å². The average Bonchev–Trinajstić information content (AvgIpc) is 3.43. The van der Waals surface area contributed by atoms with E-state index in [1.165, 1.54) is 48.1 Å². The third kappa shape index (κ3) is 4.48. The van der Waals surface area contributed by atoms with E-state index < -0.39 is 0 Å². The first-order valence-electron chi connectivity index (χ1n) is 12.6. The van der Waals surface area contributed by atoms with Gasteiger partial charge in [0, 0.05) is 21.0 Å². The van der Waals surface area contributed by atoms with E-state index in [0.717, 1.165) is 57.3 Å². The molecule has 35 heavy (non-hydrogen) atoms. The molecule has 0 unspecified atom stereocenters. The molecular weight excluding hydrogens is 472 g/mol. The molecule has 178 valence electrons. The first-order chi connectivity index (χ1) is 17.2. The highest BCUT2D eigenvalue weighted by atomic mass is 35.5. The zero-order valence-electron chi connectivity index (χ0n) is 20.0. The van der Waals surface area contributed by atoms with Crippen molar-refractivity contribution in [2.75, 3.05) is 0 Å². The molecule has 0 amide bonds. The van der Waals surface area contributed by atoms with Crippen LogP contribution in [0.2, 0.25) is 5.02 Å². The molecule has 0 radical (unpaired) electrons. The van der Waals surface area contributed by atoms with Crippen LogP contribution in [-0.4, -0.2) is 20.5 Å². The Morgan fingerprint density at radius 1 is 0.943 bits per heavy atom. The maximum atomic E-state index is 6.60. The fraction of sp³-hybridized carbons (Fsp3) is 0.345. The van der Waals surface area contributed by atoms with Crippen molar-refractivity contribution in [3.05, 3.63) is 98.4 Å². The van der Waals surface area contributed by atoms with Gasteiger partial charge in [0.25, 0.3) is 0 Å². The number of rotatable bonds is 5. The normalized spacial score (nSPS) is 15.9. The van der Waals surface area contributed by atoms with Crippen LogP contribution in [0.3, 0.4) is 0 Å². The van der Waals surface area contributed by atoms with Gasteiger partial charge in [0.1, 0.15) is 17.4 Å². The largest absolute Gasteiger partial charge is 0.276 e. The number of thiophene rings is 1. The second-order valence-electron chi connectivity index (χ2n) is 9.65. The molecule has 4 aromatic rings. The van der Waals surface area contributed by atoms with Crippen molar-refractivity contribution in [3.8, 4) is 5.00 Å². The van der Waals surface area contributed by atoms with Crippen molar-refractivity contribution in [1.82, 2.24) is 14.8 Å². The first kappa shape index (κ1) is 22.7. The summed E-state index contributed by atoms with van der Waals surface area (Å²) in [5, 5.41) is 10.6. The summed E-state index contributed by atoms with van der Waals surface area (Å²) in [7, 11) is 0. The van der Waals surface area contributed by atoms with Gasteiger partial charge in [0.05, 0.1) is 5.71 Å². The quantitative estimate of drug-likeness (QED) is 0.285. The predicted molar refractivity (Wildman–Crippen MR) is 144 cm³/mol. The van der Waals surface area contributed by atoms with Gasteiger partial charge in [0.15, 0.2) is 5.82 Å². The second-order valence-corrected chi connectivity index (χ2v) is 11.2. The van der Waals surface area contributed by atoms with Crippen LogP contribution in [0, 0.1) is 6.92 Å². The van der Waals surface area contributed by atoms with E-state index in [1.807, 2.05) is 36.5 Å². The molecule has 0 bridgehead atoms. The van der Waals surface area contributed by atoms with Gasteiger partial charge in [0.2, 0.25) is 0 Å². The van der Waals surface area contributed by atoms with Gasteiger partial charge in [-0.25, -0.2) is 0 Å². The molecule has 1 aliphatic heterocycles. The summed E-state index contributed by atoms with van der Waals surface area (Å²) in [5.74, 6) is 2.52. The van der Waals surface area contributed by atoms with E-state index in [2.05, 4.69) is 51.2 Å². The SMILES string of the molecule is Cc1nnc2n1-c1sc(CCc3ccc(C4CCCCC4)cc3)cc1C(c1ccccc1Cl)=NC2. The Bertz CT molecular complexity index is 1380. The monoisotopic (exact) mass is 500 g/mol. The summed E-state index contributed by atoms with van der Waals surface area (Å²) in [6, 6.07) is 19.7. The molecule has 0 spiro atoms. The molecular formula is C29H29ClN4S. The number of fused-ring (bicyclic) bond motifs is 3. The standard InChI is InChI=1S/C29H29ClN4S/c1-19-32-33-27-18-31-28(24-9-5-6-10-26(24)30)25-17-23(35-29(25)34(19)27)16-13-20-11-14-22(15-12-20)21-7-3-2-4-8-21/h5-6,9-12,14-15,17,21H,2-4,7-8,13,16,18H2,1H3. The van der Waals surface area contributed by atoms with Crippen molar-refractivity contribution in [1.29, 1.82) is 0 Å². The van der Waals surface area contributed by atoms with E-state index in [9.17, 15) is 0 Å². The average molecular weight is 501 g/mol. The lowest BCUT2D eigenvalue weighted by Gasteiger charge is -2.22. The molecule has 0 N–H and O–H groups in total. The van der Waals surface area contributed by atoms with Crippen molar-refractivity contribution < 1.29 is 0 Å². The number of hydrogen-bond acceptors (Lipinski definition) is 4. The summed E-state index contributed by atoms with van der Waals surface area (Å²) in [6.07, 6.45) is 8.87. The molecule has 1 fully saturated rings. The molecule has 6 rings (SSSR count). The molecule has 0 saturated heterocycles. The highest BCUT2D eigenvalue weighted by Crippen LogP contribution is 2.36. The van der Waals surface area contributed by atoms with Crippen molar-refractivity contribution in [2.24, 2.45) is 4.99 Å². The van der Waals surface area contributed by atoms with Crippen LogP contribution in [0.5, 0.6) is 0 Å². The minimum absolute atomic E-state index is 0.492. The van der Waals surface area contributed by atoms with Gasteiger partial charge < -0.3 is 0 Å². The summed E-state index contributed by atoms with van der Waals surface area (Å²) >= 11 is 8.42. The van der Waals surface area contributed by atoms with Gasteiger partial charge in [-0.1, -0.05) is 73.3 Å². The zero-order valence-corrected chi connectivity index (χ0v) is 21.6. The Balaban J connectivity index is 1.28. The van der Waals surface area contributed by atoms with Crippen molar-refractivity contribution >= 4 is 28.6 Å². The van der Waals surface area contributed by atoms with Crippen molar-refractivity contribution in [3.63, 3.8) is 0 Å². The molecule has 4 nitrogen and oxygen atoms in total. The molecule has 1 saturated carbocycles. The molecule has 3 heterocycles. The molecule has 2 aliphatic rings. The fourth-order valence-electron chi connectivity index (χ4n) is 5.44. The third-order valence-corrected chi connectivity index (χ3v) is 8.85. The Labute approximate surface area is 215 Å². The van der Waals surface area contributed by atoms with Crippen LogP contribution in [0.4, 0.5) is 0 Å². The van der Waals surface area contributed by atoms with Gasteiger partial charge >= 0.3 is 0 Å². The summed E-state index contributed by atoms with van der Waals surface area (Å²) in [5.41, 5.74) is 5.94. The molecule has 2 aromatic heterocycles. The van der Waals surface area contributed by atoms with Crippen LogP contribution in [-0.2, 0) is 19.4 Å². The van der Waals surface area contributed by atoms with Gasteiger partial charge in [-0.15, -0.1) is 21.5 Å². The molecule has 2 aromatic carbocycles. The number of nitrogens with zero attached hydrogens (tertiary/aromatic N) is 4. The molecule has 1 aliphatic carbocycles. The van der Waals surface area contributed by atoms with Gasteiger partial charge in [-0.3, -0.25) is 9.56 Å². The number of aliphatic imine (C=N–C) groups is 1. The van der Waals surface area contributed by atoms with E-state index >= 15 is 0 Å². The number of hydrogen-bond donors (Lipinski definition) is 0. The van der Waals surface area contributed by atoms with E-state index in [-0.39, 0.29) is 0 Å². The molecule has 6 heteroatoms. The van der Waals surface area contributed by atoms with Crippen LogP contribution >= 0.6 is 22.9 Å². The Kier molecular flexibility index (Phi) is 6.29. The van der Waals surface area contributed by atoms with Gasteiger partial charge in [-0.05, 0) is 61.8 Å². The maximum Gasteiger partial charge on any atom is 0.160 e. The third-order valence-electron chi connectivity index (χ3n) is 7.34. The van der Waals surface area contributed by atoms with Crippen LogP contribution in [0.15, 0.2) is 59.6 Å². The Hall–Kier alpha value is -2.76. The maximum absolute atomic E-state index is 6.60. The first-order valence-corrected chi connectivity index (χ1v) is 13.8. The highest BCUT2D eigenvalue weighted by molar-refractivity contribution is 7.15. The summed E-state index contributed by atoms with van der Waals surface area (Å²) in [4.78, 5) is 6.29. The zero-order chi connectivity index (χ0) is 23.8. The van der Waals surface area contributed by atoms with Crippen LogP contribution < -0.4 is 0 Å². The van der Waals surface area contributed by atoms with Gasteiger partial charge in [-0.2, -0.15) is 0 Å². The minimum atomic E-state index is 0.492. The number of aryl methyl sites for hydroxylation is 3. The van der Waals surface area contributed by atoms with E-state index in [4.69, 9.17) is 16.6 Å². The topological polar surface area (TPSA) is 43.1 Å². The predicted octanol–water partition coefficient (Wildman–Crippen LogP) is 7.47. The lowest BCUT2D eigenvalue weighted by Crippen LogP contribution is -2.05. The van der Waals surface area contributed by atoms with Crippen molar-refractivity contribution in [2.45, 2.75) is 64.3 Å². The minimum Gasteiger partial charge on any atom is -0.276 e. The second kappa shape index (κ2) is 9.71. The van der Waals surface area contributed by atoms with E-state index in [0.29, 0.717) is 6.54 Å². The Morgan fingerprint density at radius 3 is 2.54 bits per heavy atom. The number of aromatic nitrogens is 3.